The molecule has 1 atom stereocenters. The zero-order valence-electron chi connectivity index (χ0n) is 20.5. The minimum absolute atomic E-state index is 0.101. The molecule has 0 aliphatic carbocycles. The van der Waals surface area contributed by atoms with Crippen molar-refractivity contribution in [2.75, 3.05) is 39.3 Å². The van der Waals surface area contributed by atoms with Crippen LogP contribution in [-0.4, -0.2) is 49.3 Å². The van der Waals surface area contributed by atoms with Crippen molar-refractivity contribution in [1.29, 1.82) is 0 Å². The lowest BCUT2D eigenvalue weighted by Gasteiger charge is -2.33. The van der Waals surface area contributed by atoms with Gasteiger partial charge in [0.15, 0.2) is 5.79 Å². The van der Waals surface area contributed by atoms with Crippen LogP contribution in [0.5, 0.6) is 0 Å². The molecule has 2 fully saturated rings. The molecule has 6 nitrogen and oxygen atoms in total. The van der Waals surface area contributed by atoms with Gasteiger partial charge in [0.1, 0.15) is 12.5 Å². The number of methoxy groups -OCH3 is 1. The Kier molecular flexibility index (Phi) is 7.71. The van der Waals surface area contributed by atoms with Crippen molar-refractivity contribution in [2.45, 2.75) is 63.5 Å². The molecule has 35 heavy (non-hydrogen) atoms. The first-order valence-electron chi connectivity index (χ1n) is 12.1. The molecule has 0 spiro atoms. The predicted octanol–water partition coefficient (Wildman–Crippen LogP) is 5.74. The van der Waals surface area contributed by atoms with Crippen LogP contribution in [-0.2, 0) is 20.4 Å². The molecule has 2 aliphatic rings. The van der Waals surface area contributed by atoms with Crippen molar-refractivity contribution in [2.24, 2.45) is 0 Å². The summed E-state index contributed by atoms with van der Waals surface area (Å²) in [7, 11) is 1.62. The average molecular weight is 494 g/mol. The molecule has 1 aromatic heterocycles. The first-order chi connectivity index (χ1) is 16.6. The third-order valence-corrected chi connectivity index (χ3v) is 7.10. The van der Waals surface area contributed by atoms with E-state index < -0.39 is 23.3 Å². The van der Waals surface area contributed by atoms with Crippen molar-refractivity contribution in [3.05, 3.63) is 47.2 Å². The van der Waals surface area contributed by atoms with Crippen molar-refractivity contribution in [3.63, 3.8) is 0 Å². The van der Waals surface area contributed by atoms with E-state index in [0.29, 0.717) is 37.0 Å². The molecule has 0 saturated carbocycles. The molecular formula is C26H34F3N3O3. The summed E-state index contributed by atoms with van der Waals surface area (Å²) < 4.78 is 57.4. The highest BCUT2D eigenvalue weighted by Gasteiger charge is 2.35. The maximum atomic E-state index is 13.5. The Morgan fingerprint density at radius 2 is 1.83 bits per heavy atom. The van der Waals surface area contributed by atoms with Crippen LogP contribution in [0.4, 0.5) is 19.0 Å². The Bertz CT molecular complexity index is 1020. The fourth-order valence-corrected chi connectivity index (χ4v) is 4.91. The van der Waals surface area contributed by atoms with Gasteiger partial charge in [-0.3, -0.25) is 4.90 Å². The maximum Gasteiger partial charge on any atom is 0.419 e. The van der Waals surface area contributed by atoms with Crippen molar-refractivity contribution in [3.8, 4) is 11.1 Å². The van der Waals surface area contributed by atoms with Crippen molar-refractivity contribution in [1.82, 2.24) is 9.88 Å². The van der Waals surface area contributed by atoms with Crippen LogP contribution in [0, 0.1) is 0 Å². The first kappa shape index (κ1) is 25.9. The van der Waals surface area contributed by atoms with Gasteiger partial charge in [0.05, 0.1) is 5.56 Å². The van der Waals surface area contributed by atoms with Gasteiger partial charge in [-0.25, -0.2) is 4.98 Å². The average Bonchev–Trinajstić information content (AvgIpc) is 3.31. The summed E-state index contributed by atoms with van der Waals surface area (Å²) in [5.74, 6) is -0.871. The lowest BCUT2D eigenvalue weighted by atomic mass is 9.84. The quantitative estimate of drug-likeness (QED) is 0.497. The zero-order chi connectivity index (χ0) is 25.2. The van der Waals surface area contributed by atoms with E-state index in [1.54, 1.807) is 7.11 Å². The van der Waals surface area contributed by atoms with Crippen LogP contribution in [0.1, 0.15) is 68.2 Å². The van der Waals surface area contributed by atoms with Gasteiger partial charge < -0.3 is 19.9 Å². The van der Waals surface area contributed by atoms with Crippen LogP contribution in [0.25, 0.3) is 11.1 Å². The van der Waals surface area contributed by atoms with Crippen LogP contribution < -0.4 is 5.73 Å². The van der Waals surface area contributed by atoms with E-state index in [2.05, 4.69) is 16.0 Å². The van der Waals surface area contributed by atoms with Crippen LogP contribution in [0.3, 0.4) is 0 Å². The highest BCUT2D eigenvalue weighted by Crippen LogP contribution is 2.42. The van der Waals surface area contributed by atoms with Crippen LogP contribution in [0.15, 0.2) is 30.5 Å². The molecule has 2 saturated heterocycles. The highest BCUT2D eigenvalue weighted by molar-refractivity contribution is 5.67. The Morgan fingerprint density at radius 3 is 2.51 bits per heavy atom. The third kappa shape index (κ3) is 5.97. The molecule has 2 N–H and O–H groups in total. The molecule has 192 valence electrons. The Hall–Kier alpha value is -2.20. The van der Waals surface area contributed by atoms with Gasteiger partial charge in [-0.05, 0) is 74.3 Å². The number of hydrogen-bond acceptors (Lipinski definition) is 6. The second-order valence-corrected chi connectivity index (χ2v) is 9.73. The van der Waals surface area contributed by atoms with Gasteiger partial charge in [0.2, 0.25) is 0 Å². The fourth-order valence-electron chi connectivity index (χ4n) is 4.91. The third-order valence-electron chi connectivity index (χ3n) is 7.10. The Morgan fingerprint density at radius 1 is 1.09 bits per heavy atom. The Balaban J connectivity index is 1.72. The number of nitrogen functional groups attached to an aromatic ring is 1. The van der Waals surface area contributed by atoms with Crippen LogP contribution >= 0.6 is 0 Å². The molecule has 0 bridgehead atoms. The minimum Gasteiger partial charge on any atom is -0.383 e. The fraction of sp³-hybridized carbons (Fsp3) is 0.577. The van der Waals surface area contributed by atoms with Gasteiger partial charge in [-0.15, -0.1) is 0 Å². The SMILES string of the molecule is COC(C)(C)OCN1CCCC1c1cc(-c2cnc(N)c(C(F)(F)F)c2)ccc1C1CCOCC1. The zero-order valence-corrected chi connectivity index (χ0v) is 20.5. The number of rotatable bonds is 7. The molecule has 1 unspecified atom stereocenters. The van der Waals surface area contributed by atoms with E-state index in [1.807, 2.05) is 26.0 Å². The number of hydrogen-bond donors (Lipinski definition) is 1. The minimum atomic E-state index is -4.56. The lowest BCUT2D eigenvalue weighted by Crippen LogP contribution is -2.35. The van der Waals surface area contributed by atoms with E-state index in [0.717, 1.165) is 43.9 Å². The summed E-state index contributed by atoms with van der Waals surface area (Å²) in [6.45, 7) is 6.45. The topological polar surface area (TPSA) is 69.8 Å². The second-order valence-electron chi connectivity index (χ2n) is 9.73. The molecule has 0 radical (unpaired) electrons. The number of likely N-dealkylation sites (tertiary alicyclic amines) is 1. The monoisotopic (exact) mass is 493 g/mol. The highest BCUT2D eigenvalue weighted by atomic mass is 19.4. The summed E-state index contributed by atoms with van der Waals surface area (Å²) >= 11 is 0. The number of pyridine rings is 1. The molecule has 2 aliphatic heterocycles. The Labute approximate surface area is 204 Å². The number of nitrogens with zero attached hydrogens (tertiary/aromatic N) is 2. The summed E-state index contributed by atoms with van der Waals surface area (Å²) in [5.41, 5.74) is 8.08. The van der Waals surface area contributed by atoms with Crippen LogP contribution in [0.2, 0.25) is 0 Å². The van der Waals surface area contributed by atoms with E-state index in [4.69, 9.17) is 19.9 Å². The van der Waals surface area contributed by atoms with Gasteiger partial charge >= 0.3 is 6.18 Å². The predicted molar refractivity (Wildman–Crippen MR) is 128 cm³/mol. The van der Waals surface area contributed by atoms with Gasteiger partial charge in [-0.1, -0.05) is 12.1 Å². The number of halogens is 3. The standard InChI is InChI=1S/C26H34F3N3O3/c1-25(2,33-3)35-16-32-10-4-5-23(32)21-13-18(6-7-20(21)17-8-11-34-12-9-17)19-14-22(26(27,28)29)24(30)31-15-19/h6-7,13-15,17,23H,4-5,8-12,16H2,1-3H3,(H2,30,31). The number of nitrogens with two attached hydrogens (primary N) is 1. The molecular weight excluding hydrogens is 459 g/mol. The molecule has 3 heterocycles. The summed E-state index contributed by atoms with van der Waals surface area (Å²) in [6, 6.07) is 7.19. The number of alkyl halides is 3. The van der Waals surface area contributed by atoms with E-state index in [1.165, 1.54) is 11.8 Å². The molecule has 1 aromatic carbocycles. The summed E-state index contributed by atoms with van der Waals surface area (Å²) in [5, 5.41) is 0. The molecule has 4 rings (SSSR count). The van der Waals surface area contributed by atoms with Gasteiger partial charge in [0.25, 0.3) is 0 Å². The van der Waals surface area contributed by atoms with E-state index in [-0.39, 0.29) is 6.04 Å². The van der Waals surface area contributed by atoms with Gasteiger partial charge in [-0.2, -0.15) is 13.2 Å². The molecule has 0 amide bonds. The smallest absolute Gasteiger partial charge is 0.383 e. The second kappa shape index (κ2) is 10.4. The van der Waals surface area contributed by atoms with Crippen molar-refractivity contribution >= 4 is 5.82 Å². The lowest BCUT2D eigenvalue weighted by molar-refractivity contribution is -0.219. The normalized spacial score (nSPS) is 20.5. The molecule has 9 heteroatoms. The van der Waals surface area contributed by atoms with Gasteiger partial charge in [0, 0.05) is 44.7 Å². The van der Waals surface area contributed by atoms with E-state index >= 15 is 0 Å². The van der Waals surface area contributed by atoms with E-state index in [9.17, 15) is 13.2 Å². The number of anilines is 1. The number of aromatic nitrogens is 1. The first-order valence-corrected chi connectivity index (χ1v) is 12.1. The van der Waals surface area contributed by atoms with Crippen molar-refractivity contribution < 1.29 is 27.4 Å². The maximum absolute atomic E-state index is 13.5. The summed E-state index contributed by atoms with van der Waals surface area (Å²) in [4.78, 5) is 6.12. The number of ether oxygens (including phenoxy) is 3. The molecule has 2 aromatic rings. The summed E-state index contributed by atoms with van der Waals surface area (Å²) in [6.07, 6.45) is 0.659. The number of benzene rings is 1. The largest absolute Gasteiger partial charge is 0.419 e.